The molecule has 0 bridgehead atoms. The molecule has 1 aliphatic heterocycles. The lowest BCUT2D eigenvalue weighted by Gasteiger charge is -2.22. The van der Waals surface area contributed by atoms with Crippen LogP contribution in [0.5, 0.6) is 5.75 Å². The Morgan fingerprint density at radius 2 is 2.15 bits per heavy atom. The number of rotatable bonds is 5. The topological polar surface area (TPSA) is 38.5 Å². The molecule has 1 heterocycles. The van der Waals surface area contributed by atoms with Crippen molar-refractivity contribution in [3.8, 4) is 5.75 Å². The molecule has 0 saturated carbocycles. The molecule has 1 atom stereocenters. The van der Waals surface area contributed by atoms with Crippen LogP contribution in [0.15, 0.2) is 18.2 Å². The summed E-state index contributed by atoms with van der Waals surface area (Å²) in [5.41, 5.74) is 8.20. The molecule has 2 rings (SSSR count). The van der Waals surface area contributed by atoms with Crippen LogP contribution < -0.4 is 10.5 Å². The molecular weight excluding hydrogens is 248 g/mol. The van der Waals surface area contributed by atoms with E-state index in [0.29, 0.717) is 6.54 Å². The zero-order chi connectivity index (χ0) is 14.4. The van der Waals surface area contributed by atoms with Gasteiger partial charge in [-0.05, 0) is 56.0 Å². The van der Waals surface area contributed by atoms with E-state index in [-0.39, 0.29) is 0 Å². The smallest absolute Gasteiger partial charge is 0.123 e. The maximum Gasteiger partial charge on any atom is 0.123 e. The number of nitrogens with two attached hydrogens (primary N) is 1. The minimum absolute atomic E-state index is 0.592. The Bertz CT molecular complexity index is 419. The molecule has 1 unspecified atom stereocenters. The Labute approximate surface area is 123 Å². The number of nitrogens with zero attached hydrogens (tertiary/aromatic N) is 1. The lowest BCUT2D eigenvalue weighted by Crippen LogP contribution is -2.24. The van der Waals surface area contributed by atoms with E-state index < -0.39 is 0 Å². The fourth-order valence-electron chi connectivity index (χ4n) is 3.11. The molecule has 3 heteroatoms. The van der Waals surface area contributed by atoms with E-state index in [1.807, 2.05) is 6.07 Å². The maximum atomic E-state index is 5.75. The summed E-state index contributed by atoms with van der Waals surface area (Å²) in [6.07, 6.45) is 5.35. The molecule has 0 spiro atoms. The van der Waals surface area contributed by atoms with Gasteiger partial charge in [-0.1, -0.05) is 19.4 Å². The van der Waals surface area contributed by atoms with Crippen molar-refractivity contribution in [3.63, 3.8) is 0 Å². The second-order valence-electron chi connectivity index (χ2n) is 5.83. The van der Waals surface area contributed by atoms with E-state index in [2.05, 4.69) is 24.0 Å². The average molecular weight is 276 g/mol. The number of ether oxygens (including phenoxy) is 1. The van der Waals surface area contributed by atoms with Gasteiger partial charge in [-0.2, -0.15) is 0 Å². The van der Waals surface area contributed by atoms with Gasteiger partial charge in [-0.25, -0.2) is 0 Å². The molecule has 0 aliphatic carbocycles. The summed E-state index contributed by atoms with van der Waals surface area (Å²) in [5, 5.41) is 0. The predicted octanol–water partition coefficient (Wildman–Crippen LogP) is 3.17. The number of methoxy groups -OCH3 is 1. The van der Waals surface area contributed by atoms with Gasteiger partial charge in [0.05, 0.1) is 7.11 Å². The zero-order valence-corrected chi connectivity index (χ0v) is 12.9. The van der Waals surface area contributed by atoms with Gasteiger partial charge < -0.3 is 10.5 Å². The van der Waals surface area contributed by atoms with Crippen molar-refractivity contribution in [3.05, 3.63) is 29.3 Å². The molecular formula is C17H28N2O. The predicted molar refractivity (Wildman–Crippen MR) is 83.8 cm³/mol. The summed E-state index contributed by atoms with van der Waals surface area (Å²) in [6, 6.07) is 6.29. The fraction of sp³-hybridized carbons (Fsp3) is 0.647. The quantitative estimate of drug-likeness (QED) is 0.897. The SMILES string of the molecule is CCC1CCCN(Cc2cc(CN)ccc2OC)CC1. The third-order valence-corrected chi connectivity index (χ3v) is 4.49. The van der Waals surface area contributed by atoms with Crippen LogP contribution in [0.25, 0.3) is 0 Å². The normalized spacial score (nSPS) is 20.6. The Morgan fingerprint density at radius 1 is 1.30 bits per heavy atom. The fourth-order valence-corrected chi connectivity index (χ4v) is 3.11. The van der Waals surface area contributed by atoms with Crippen LogP contribution in [-0.4, -0.2) is 25.1 Å². The van der Waals surface area contributed by atoms with Crippen molar-refractivity contribution in [2.75, 3.05) is 20.2 Å². The molecule has 0 aromatic heterocycles. The molecule has 1 aromatic rings. The van der Waals surface area contributed by atoms with Gasteiger partial charge in [-0.15, -0.1) is 0 Å². The Balaban J connectivity index is 2.04. The van der Waals surface area contributed by atoms with Crippen LogP contribution >= 0.6 is 0 Å². The number of benzene rings is 1. The van der Waals surface area contributed by atoms with Crippen LogP contribution in [0.1, 0.15) is 43.7 Å². The second-order valence-corrected chi connectivity index (χ2v) is 5.83. The summed E-state index contributed by atoms with van der Waals surface area (Å²) >= 11 is 0. The van der Waals surface area contributed by atoms with Gasteiger partial charge >= 0.3 is 0 Å². The summed E-state index contributed by atoms with van der Waals surface area (Å²) in [5.74, 6) is 1.90. The van der Waals surface area contributed by atoms with Crippen LogP contribution in [0.4, 0.5) is 0 Å². The van der Waals surface area contributed by atoms with Crippen molar-refractivity contribution in [1.29, 1.82) is 0 Å². The molecule has 2 N–H and O–H groups in total. The highest BCUT2D eigenvalue weighted by molar-refractivity contribution is 5.37. The van der Waals surface area contributed by atoms with Crippen molar-refractivity contribution >= 4 is 0 Å². The first-order valence-corrected chi connectivity index (χ1v) is 7.85. The van der Waals surface area contributed by atoms with Crippen LogP contribution in [0.3, 0.4) is 0 Å². The highest BCUT2D eigenvalue weighted by Crippen LogP contribution is 2.25. The van der Waals surface area contributed by atoms with Gasteiger partial charge in [0, 0.05) is 18.7 Å². The van der Waals surface area contributed by atoms with Crippen LogP contribution in [0.2, 0.25) is 0 Å². The molecule has 1 aromatic carbocycles. The lowest BCUT2D eigenvalue weighted by molar-refractivity contribution is 0.267. The monoisotopic (exact) mass is 276 g/mol. The van der Waals surface area contributed by atoms with E-state index in [0.717, 1.165) is 18.2 Å². The first kappa shape index (κ1) is 15.3. The summed E-state index contributed by atoms with van der Waals surface area (Å²) in [4.78, 5) is 2.56. The van der Waals surface area contributed by atoms with Gasteiger partial charge in [0.1, 0.15) is 5.75 Å². The Kier molecular flexibility index (Phi) is 5.86. The first-order valence-electron chi connectivity index (χ1n) is 7.85. The molecule has 1 aliphatic rings. The number of hydrogen-bond donors (Lipinski definition) is 1. The summed E-state index contributed by atoms with van der Waals surface area (Å²) < 4.78 is 5.49. The molecule has 0 amide bonds. The highest BCUT2D eigenvalue weighted by Gasteiger charge is 2.17. The molecule has 3 nitrogen and oxygen atoms in total. The molecule has 1 saturated heterocycles. The van der Waals surface area contributed by atoms with Crippen molar-refractivity contribution in [1.82, 2.24) is 4.90 Å². The molecule has 20 heavy (non-hydrogen) atoms. The Hall–Kier alpha value is -1.06. The van der Waals surface area contributed by atoms with Crippen LogP contribution in [0, 0.1) is 5.92 Å². The average Bonchev–Trinajstić information content (AvgIpc) is 2.72. The van der Waals surface area contributed by atoms with E-state index >= 15 is 0 Å². The van der Waals surface area contributed by atoms with Crippen molar-refractivity contribution in [2.24, 2.45) is 11.7 Å². The molecule has 1 fully saturated rings. The first-order chi connectivity index (χ1) is 9.76. The highest BCUT2D eigenvalue weighted by atomic mass is 16.5. The third kappa shape index (κ3) is 3.97. The molecule has 112 valence electrons. The van der Waals surface area contributed by atoms with Crippen molar-refractivity contribution < 1.29 is 4.74 Å². The van der Waals surface area contributed by atoms with Crippen LogP contribution in [-0.2, 0) is 13.1 Å². The standard InChI is InChI=1S/C17H28N2O/c1-3-14-5-4-9-19(10-8-14)13-16-11-15(12-18)6-7-17(16)20-2/h6-7,11,14H,3-5,8-10,12-13,18H2,1-2H3. The minimum Gasteiger partial charge on any atom is -0.496 e. The van der Waals surface area contributed by atoms with E-state index in [1.165, 1.54) is 49.9 Å². The number of hydrogen-bond acceptors (Lipinski definition) is 3. The van der Waals surface area contributed by atoms with Gasteiger partial charge in [0.25, 0.3) is 0 Å². The second kappa shape index (κ2) is 7.65. The Morgan fingerprint density at radius 3 is 2.85 bits per heavy atom. The maximum absolute atomic E-state index is 5.75. The zero-order valence-electron chi connectivity index (χ0n) is 12.9. The molecule has 0 radical (unpaired) electrons. The minimum atomic E-state index is 0.592. The summed E-state index contributed by atoms with van der Waals surface area (Å²) in [6.45, 7) is 6.29. The number of likely N-dealkylation sites (tertiary alicyclic amines) is 1. The van der Waals surface area contributed by atoms with E-state index in [9.17, 15) is 0 Å². The summed E-state index contributed by atoms with van der Waals surface area (Å²) in [7, 11) is 1.75. The van der Waals surface area contributed by atoms with Gasteiger partial charge in [0.15, 0.2) is 0 Å². The van der Waals surface area contributed by atoms with Gasteiger partial charge in [0.2, 0.25) is 0 Å². The lowest BCUT2D eigenvalue weighted by atomic mass is 9.98. The van der Waals surface area contributed by atoms with E-state index in [4.69, 9.17) is 10.5 Å². The van der Waals surface area contributed by atoms with Gasteiger partial charge in [-0.3, -0.25) is 4.90 Å². The third-order valence-electron chi connectivity index (χ3n) is 4.49. The largest absolute Gasteiger partial charge is 0.496 e. The van der Waals surface area contributed by atoms with Crippen molar-refractivity contribution in [2.45, 2.75) is 45.7 Å². The van der Waals surface area contributed by atoms with E-state index in [1.54, 1.807) is 7.11 Å².